The second-order valence-corrected chi connectivity index (χ2v) is 6.32. The molecule has 1 aromatic carbocycles. The maximum Gasteiger partial charge on any atom is 0.319 e. The number of rotatable bonds is 8. The fourth-order valence-corrected chi connectivity index (χ4v) is 2.75. The van der Waals surface area contributed by atoms with Crippen molar-refractivity contribution in [1.29, 1.82) is 0 Å². The highest BCUT2D eigenvalue weighted by Gasteiger charge is 2.13. The third-order valence-electron chi connectivity index (χ3n) is 4.39. The van der Waals surface area contributed by atoms with E-state index in [0.717, 1.165) is 32.7 Å². The van der Waals surface area contributed by atoms with E-state index < -0.39 is 0 Å². The van der Waals surface area contributed by atoms with E-state index in [9.17, 15) is 0 Å². The SMILES string of the molecule is COc1cc(OC)cc(Oc2ccnc(OCCN3CCN(C)CC3)n2)c1. The third-order valence-corrected chi connectivity index (χ3v) is 4.39. The quantitative estimate of drug-likeness (QED) is 0.694. The van der Waals surface area contributed by atoms with Crippen molar-refractivity contribution < 1.29 is 18.9 Å². The molecule has 1 saturated heterocycles. The molecule has 1 fully saturated rings. The van der Waals surface area contributed by atoms with Crippen molar-refractivity contribution in [3.63, 3.8) is 0 Å². The molecule has 0 N–H and O–H groups in total. The minimum Gasteiger partial charge on any atom is -0.496 e. The summed E-state index contributed by atoms with van der Waals surface area (Å²) < 4.78 is 22.0. The molecule has 0 saturated carbocycles. The van der Waals surface area contributed by atoms with Crippen molar-refractivity contribution in [3.05, 3.63) is 30.5 Å². The van der Waals surface area contributed by atoms with Gasteiger partial charge in [0.2, 0.25) is 5.88 Å². The van der Waals surface area contributed by atoms with E-state index in [0.29, 0.717) is 35.7 Å². The summed E-state index contributed by atoms with van der Waals surface area (Å²) in [6.45, 7) is 5.69. The van der Waals surface area contributed by atoms with Gasteiger partial charge in [0.1, 0.15) is 23.9 Å². The highest BCUT2D eigenvalue weighted by Crippen LogP contribution is 2.30. The predicted molar refractivity (Wildman–Crippen MR) is 101 cm³/mol. The molecule has 0 amide bonds. The molecule has 0 unspecified atom stereocenters. The van der Waals surface area contributed by atoms with Crippen LogP contribution in [0.4, 0.5) is 0 Å². The van der Waals surface area contributed by atoms with Crippen molar-refractivity contribution in [2.24, 2.45) is 0 Å². The van der Waals surface area contributed by atoms with Gasteiger partial charge in [-0.3, -0.25) is 4.90 Å². The van der Waals surface area contributed by atoms with Gasteiger partial charge in [0.25, 0.3) is 0 Å². The average Bonchev–Trinajstić information content (AvgIpc) is 2.69. The molecule has 0 radical (unpaired) electrons. The number of hydrogen-bond donors (Lipinski definition) is 0. The molecule has 146 valence electrons. The monoisotopic (exact) mass is 374 g/mol. The molecular weight excluding hydrogens is 348 g/mol. The van der Waals surface area contributed by atoms with E-state index in [2.05, 4.69) is 26.8 Å². The standard InChI is InChI=1S/C19H26N4O4/c1-22-6-8-23(9-7-22)10-11-26-19-20-5-4-18(21-19)27-17-13-15(24-2)12-16(14-17)25-3/h4-5,12-14H,6-11H2,1-3H3. The van der Waals surface area contributed by atoms with Crippen LogP contribution in [0.25, 0.3) is 0 Å². The lowest BCUT2D eigenvalue weighted by Crippen LogP contribution is -2.45. The number of nitrogens with zero attached hydrogens (tertiary/aromatic N) is 4. The fourth-order valence-electron chi connectivity index (χ4n) is 2.75. The molecular formula is C19H26N4O4. The van der Waals surface area contributed by atoms with Crippen molar-refractivity contribution in [1.82, 2.24) is 19.8 Å². The van der Waals surface area contributed by atoms with Crippen molar-refractivity contribution in [2.75, 3.05) is 60.6 Å². The lowest BCUT2D eigenvalue weighted by Gasteiger charge is -2.31. The Hall–Kier alpha value is -2.58. The number of aromatic nitrogens is 2. The van der Waals surface area contributed by atoms with E-state index in [1.54, 1.807) is 44.7 Å². The molecule has 8 nitrogen and oxygen atoms in total. The summed E-state index contributed by atoms with van der Waals surface area (Å²) >= 11 is 0. The summed E-state index contributed by atoms with van der Waals surface area (Å²) in [5.41, 5.74) is 0. The van der Waals surface area contributed by atoms with Gasteiger partial charge in [-0.25, -0.2) is 4.98 Å². The molecule has 0 bridgehead atoms. The first-order valence-corrected chi connectivity index (χ1v) is 8.94. The van der Waals surface area contributed by atoms with Gasteiger partial charge in [0, 0.05) is 63.2 Å². The van der Waals surface area contributed by atoms with Crippen LogP contribution in [0.2, 0.25) is 0 Å². The first-order chi connectivity index (χ1) is 13.2. The first-order valence-electron chi connectivity index (χ1n) is 8.94. The second kappa shape index (κ2) is 9.38. The van der Waals surface area contributed by atoms with Crippen LogP contribution in [-0.4, -0.2) is 80.4 Å². The first kappa shape index (κ1) is 19.2. The number of ether oxygens (including phenoxy) is 4. The van der Waals surface area contributed by atoms with Gasteiger partial charge in [-0.15, -0.1) is 0 Å². The van der Waals surface area contributed by atoms with E-state index in [4.69, 9.17) is 18.9 Å². The van der Waals surface area contributed by atoms with Gasteiger partial charge in [-0.1, -0.05) is 0 Å². The second-order valence-electron chi connectivity index (χ2n) is 6.32. The van der Waals surface area contributed by atoms with Gasteiger partial charge in [0.15, 0.2) is 0 Å². The molecule has 0 spiro atoms. The Labute approximate surface area is 159 Å². The minimum atomic E-state index is 0.302. The molecule has 8 heteroatoms. The van der Waals surface area contributed by atoms with Gasteiger partial charge in [-0.05, 0) is 7.05 Å². The normalized spacial score (nSPS) is 15.4. The van der Waals surface area contributed by atoms with E-state index >= 15 is 0 Å². The topological polar surface area (TPSA) is 69.2 Å². The Morgan fingerprint density at radius 2 is 1.63 bits per heavy atom. The predicted octanol–water partition coefficient (Wildman–Crippen LogP) is 1.91. The maximum atomic E-state index is 5.81. The Bertz CT molecular complexity index is 713. The molecule has 2 heterocycles. The number of hydrogen-bond acceptors (Lipinski definition) is 8. The van der Waals surface area contributed by atoms with Crippen LogP contribution in [0, 0.1) is 0 Å². The molecule has 1 aliphatic heterocycles. The Morgan fingerprint density at radius 1 is 0.963 bits per heavy atom. The zero-order chi connectivity index (χ0) is 19.1. The van der Waals surface area contributed by atoms with Gasteiger partial charge in [0.05, 0.1) is 14.2 Å². The number of likely N-dealkylation sites (N-methyl/N-ethyl adjacent to an activating group) is 1. The van der Waals surface area contributed by atoms with Gasteiger partial charge < -0.3 is 23.8 Å². The smallest absolute Gasteiger partial charge is 0.319 e. The van der Waals surface area contributed by atoms with Crippen LogP contribution in [0.3, 0.4) is 0 Å². The lowest BCUT2D eigenvalue weighted by molar-refractivity contribution is 0.131. The number of benzene rings is 1. The van der Waals surface area contributed by atoms with Crippen LogP contribution in [0.5, 0.6) is 29.1 Å². The Kier molecular flexibility index (Phi) is 6.67. The number of methoxy groups -OCH3 is 2. The summed E-state index contributed by atoms with van der Waals surface area (Å²) in [6.07, 6.45) is 1.62. The zero-order valence-electron chi connectivity index (χ0n) is 16.1. The fraction of sp³-hybridized carbons (Fsp3) is 0.474. The summed E-state index contributed by atoms with van der Waals surface area (Å²) in [7, 11) is 5.33. The Morgan fingerprint density at radius 3 is 2.30 bits per heavy atom. The van der Waals surface area contributed by atoms with Crippen molar-refractivity contribution in [3.8, 4) is 29.1 Å². The van der Waals surface area contributed by atoms with Gasteiger partial charge >= 0.3 is 6.01 Å². The van der Waals surface area contributed by atoms with Crippen LogP contribution >= 0.6 is 0 Å². The van der Waals surface area contributed by atoms with E-state index in [1.807, 2.05) is 0 Å². The lowest BCUT2D eigenvalue weighted by atomic mass is 10.3. The minimum absolute atomic E-state index is 0.302. The molecule has 3 rings (SSSR count). The molecule has 27 heavy (non-hydrogen) atoms. The number of piperazine rings is 1. The van der Waals surface area contributed by atoms with Crippen molar-refractivity contribution >= 4 is 0 Å². The van der Waals surface area contributed by atoms with Crippen molar-refractivity contribution in [2.45, 2.75) is 0 Å². The Balaban J connectivity index is 1.56. The summed E-state index contributed by atoms with van der Waals surface area (Å²) in [4.78, 5) is 13.2. The highest BCUT2D eigenvalue weighted by molar-refractivity contribution is 5.43. The van der Waals surface area contributed by atoms with E-state index in [1.165, 1.54) is 0 Å². The molecule has 0 atom stereocenters. The summed E-state index contributed by atoms with van der Waals surface area (Å²) in [6, 6.07) is 7.28. The average molecular weight is 374 g/mol. The molecule has 2 aromatic rings. The van der Waals surface area contributed by atoms with Crippen LogP contribution in [0.1, 0.15) is 0 Å². The van der Waals surface area contributed by atoms with Crippen LogP contribution in [0.15, 0.2) is 30.5 Å². The van der Waals surface area contributed by atoms with Crippen LogP contribution in [-0.2, 0) is 0 Å². The third kappa shape index (κ3) is 5.70. The molecule has 1 aromatic heterocycles. The van der Waals surface area contributed by atoms with Crippen LogP contribution < -0.4 is 18.9 Å². The molecule has 0 aliphatic carbocycles. The van der Waals surface area contributed by atoms with E-state index in [-0.39, 0.29) is 0 Å². The largest absolute Gasteiger partial charge is 0.496 e. The highest BCUT2D eigenvalue weighted by atomic mass is 16.5. The summed E-state index contributed by atoms with van der Waals surface area (Å²) in [5, 5.41) is 0. The summed E-state index contributed by atoms with van der Waals surface area (Å²) in [5.74, 6) is 2.24. The maximum absolute atomic E-state index is 5.81. The zero-order valence-corrected chi connectivity index (χ0v) is 16.1. The van der Waals surface area contributed by atoms with Gasteiger partial charge in [-0.2, -0.15) is 4.98 Å². The molecule has 1 aliphatic rings.